The molecular weight excluding hydrogens is 368 g/mol. The highest BCUT2D eigenvalue weighted by atomic mass is 35.5. The standard InChI is InChI=1S/C20H22N2O4.ClH/c1-12-10-17(24)26-20-14(12)6-7-15-18(20)19(13(2)25-15)21-16(23)11-22-8-4-3-5-9-22;/h6-7,10H,3-5,8-9,11H2,1-2H3,(H,21,23);1H. The van der Waals surface area contributed by atoms with Gasteiger partial charge in [-0.3, -0.25) is 9.69 Å². The normalized spacial score (nSPS) is 15.0. The molecule has 0 atom stereocenters. The number of likely N-dealkylation sites (tertiary alicyclic amines) is 1. The van der Waals surface area contributed by atoms with E-state index < -0.39 is 5.63 Å². The predicted molar refractivity (Wildman–Crippen MR) is 108 cm³/mol. The Kier molecular flexibility index (Phi) is 5.58. The van der Waals surface area contributed by atoms with Crippen LogP contribution >= 0.6 is 12.4 Å². The number of hydrogen-bond donors (Lipinski definition) is 1. The fraction of sp³-hybridized carbons (Fsp3) is 0.400. The third kappa shape index (κ3) is 3.73. The van der Waals surface area contributed by atoms with E-state index in [1.165, 1.54) is 12.5 Å². The van der Waals surface area contributed by atoms with Crippen molar-refractivity contribution in [3.63, 3.8) is 0 Å². The molecule has 27 heavy (non-hydrogen) atoms. The monoisotopic (exact) mass is 390 g/mol. The number of hydrogen-bond acceptors (Lipinski definition) is 5. The molecule has 0 saturated carbocycles. The van der Waals surface area contributed by atoms with E-state index in [0.717, 1.165) is 36.9 Å². The molecule has 0 unspecified atom stereocenters. The minimum absolute atomic E-state index is 0. The van der Waals surface area contributed by atoms with Gasteiger partial charge < -0.3 is 14.2 Å². The Hall–Kier alpha value is -2.31. The maximum atomic E-state index is 12.6. The van der Waals surface area contributed by atoms with Gasteiger partial charge in [-0.2, -0.15) is 0 Å². The Bertz CT molecular complexity index is 1050. The number of carbonyl (C=O) groups is 1. The van der Waals surface area contributed by atoms with Crippen LogP contribution in [0, 0.1) is 13.8 Å². The van der Waals surface area contributed by atoms with Gasteiger partial charge in [-0.1, -0.05) is 6.42 Å². The van der Waals surface area contributed by atoms with Crippen LogP contribution in [0.5, 0.6) is 0 Å². The SMILES string of the molecule is Cc1oc2ccc3c(C)cc(=O)oc3c2c1NC(=O)CN1CCCCC1.Cl. The van der Waals surface area contributed by atoms with Crippen molar-refractivity contribution in [2.45, 2.75) is 33.1 Å². The fourth-order valence-electron chi connectivity index (χ4n) is 3.73. The molecule has 144 valence electrons. The average Bonchev–Trinajstić information content (AvgIpc) is 2.91. The van der Waals surface area contributed by atoms with Crippen molar-refractivity contribution in [1.29, 1.82) is 0 Å². The van der Waals surface area contributed by atoms with Gasteiger partial charge in [0.15, 0.2) is 5.58 Å². The second-order valence-corrected chi connectivity index (χ2v) is 6.98. The summed E-state index contributed by atoms with van der Waals surface area (Å²) >= 11 is 0. The smallest absolute Gasteiger partial charge is 0.336 e. The van der Waals surface area contributed by atoms with E-state index in [2.05, 4.69) is 10.2 Å². The van der Waals surface area contributed by atoms with Crippen molar-refractivity contribution in [2.75, 3.05) is 25.0 Å². The predicted octanol–water partition coefficient (Wildman–Crippen LogP) is 4.00. The number of furan rings is 1. The molecule has 2 aromatic heterocycles. The second-order valence-electron chi connectivity index (χ2n) is 6.98. The van der Waals surface area contributed by atoms with E-state index in [1.807, 2.05) is 19.1 Å². The summed E-state index contributed by atoms with van der Waals surface area (Å²) in [5, 5.41) is 4.46. The largest absolute Gasteiger partial charge is 0.459 e. The van der Waals surface area contributed by atoms with Gasteiger partial charge in [-0.15, -0.1) is 12.4 Å². The van der Waals surface area contributed by atoms with Crippen molar-refractivity contribution < 1.29 is 13.6 Å². The number of anilines is 1. The average molecular weight is 391 g/mol. The molecule has 3 heterocycles. The zero-order valence-corrected chi connectivity index (χ0v) is 16.3. The molecule has 1 N–H and O–H groups in total. The van der Waals surface area contributed by atoms with Gasteiger partial charge in [0.2, 0.25) is 5.91 Å². The molecule has 6 nitrogen and oxygen atoms in total. The van der Waals surface area contributed by atoms with Crippen LogP contribution in [0.3, 0.4) is 0 Å². The fourth-order valence-corrected chi connectivity index (χ4v) is 3.73. The summed E-state index contributed by atoms with van der Waals surface area (Å²) in [7, 11) is 0. The lowest BCUT2D eigenvalue weighted by molar-refractivity contribution is -0.117. The molecule has 0 spiro atoms. The van der Waals surface area contributed by atoms with Gasteiger partial charge >= 0.3 is 5.63 Å². The molecule has 7 heteroatoms. The highest BCUT2D eigenvalue weighted by Crippen LogP contribution is 2.36. The number of nitrogens with zero attached hydrogens (tertiary/aromatic N) is 1. The molecule has 0 aliphatic carbocycles. The van der Waals surface area contributed by atoms with Crippen LogP contribution in [0.4, 0.5) is 5.69 Å². The van der Waals surface area contributed by atoms with Gasteiger partial charge in [0.1, 0.15) is 11.3 Å². The van der Waals surface area contributed by atoms with Crippen LogP contribution in [0.25, 0.3) is 21.9 Å². The third-order valence-corrected chi connectivity index (χ3v) is 5.03. The zero-order chi connectivity index (χ0) is 18.3. The number of benzene rings is 1. The Balaban J connectivity index is 0.00000210. The Morgan fingerprint density at radius 3 is 2.63 bits per heavy atom. The quantitative estimate of drug-likeness (QED) is 0.684. The Morgan fingerprint density at radius 1 is 1.15 bits per heavy atom. The number of rotatable bonds is 3. The summed E-state index contributed by atoms with van der Waals surface area (Å²) < 4.78 is 11.3. The Labute approximate surface area is 162 Å². The van der Waals surface area contributed by atoms with Crippen LogP contribution in [-0.2, 0) is 4.79 Å². The lowest BCUT2D eigenvalue weighted by Crippen LogP contribution is -2.36. The molecule has 1 fully saturated rings. The van der Waals surface area contributed by atoms with Crippen molar-refractivity contribution in [1.82, 2.24) is 4.90 Å². The number of piperidine rings is 1. The van der Waals surface area contributed by atoms with E-state index >= 15 is 0 Å². The first kappa shape index (κ1) is 19.5. The molecule has 1 saturated heterocycles. The molecule has 1 aliphatic heterocycles. The number of amides is 1. The molecule has 3 aromatic rings. The molecule has 4 rings (SSSR count). The summed E-state index contributed by atoms with van der Waals surface area (Å²) in [5.74, 6) is 0.522. The van der Waals surface area contributed by atoms with Gasteiger partial charge in [0.05, 0.1) is 17.6 Å². The van der Waals surface area contributed by atoms with E-state index in [-0.39, 0.29) is 18.3 Å². The molecular formula is C20H23ClN2O4. The van der Waals surface area contributed by atoms with Gasteiger partial charge in [0, 0.05) is 11.5 Å². The number of aryl methyl sites for hydroxylation is 2. The summed E-state index contributed by atoms with van der Waals surface area (Å²) in [6.07, 6.45) is 3.50. The minimum atomic E-state index is -0.410. The van der Waals surface area contributed by atoms with Crippen molar-refractivity contribution >= 4 is 45.9 Å². The molecule has 1 aromatic carbocycles. The third-order valence-electron chi connectivity index (χ3n) is 5.03. The molecule has 1 amide bonds. The minimum Gasteiger partial charge on any atom is -0.459 e. The van der Waals surface area contributed by atoms with Crippen molar-refractivity contribution in [2.24, 2.45) is 0 Å². The van der Waals surface area contributed by atoms with E-state index in [0.29, 0.717) is 34.5 Å². The highest BCUT2D eigenvalue weighted by Gasteiger charge is 2.20. The number of fused-ring (bicyclic) bond motifs is 3. The first-order valence-corrected chi connectivity index (χ1v) is 9.02. The lowest BCUT2D eigenvalue weighted by atomic mass is 10.1. The molecule has 1 aliphatic rings. The summed E-state index contributed by atoms with van der Waals surface area (Å²) in [5.41, 5.74) is 2.06. The number of carbonyl (C=O) groups excluding carboxylic acids is 1. The Morgan fingerprint density at radius 2 is 1.89 bits per heavy atom. The number of halogens is 1. The maximum Gasteiger partial charge on any atom is 0.336 e. The summed E-state index contributed by atoms with van der Waals surface area (Å²) in [4.78, 5) is 26.6. The van der Waals surface area contributed by atoms with Crippen LogP contribution in [0.2, 0.25) is 0 Å². The van der Waals surface area contributed by atoms with E-state index in [4.69, 9.17) is 8.83 Å². The summed E-state index contributed by atoms with van der Waals surface area (Å²) in [6.45, 7) is 5.94. The summed E-state index contributed by atoms with van der Waals surface area (Å²) in [6, 6.07) is 5.19. The number of nitrogens with one attached hydrogen (secondary N) is 1. The van der Waals surface area contributed by atoms with Crippen molar-refractivity contribution in [3.8, 4) is 0 Å². The van der Waals surface area contributed by atoms with Crippen LogP contribution in [0.1, 0.15) is 30.6 Å². The van der Waals surface area contributed by atoms with Gasteiger partial charge in [-0.25, -0.2) is 4.79 Å². The molecule has 0 radical (unpaired) electrons. The first-order chi connectivity index (χ1) is 12.5. The van der Waals surface area contributed by atoms with Crippen LogP contribution < -0.4 is 10.9 Å². The highest BCUT2D eigenvalue weighted by molar-refractivity contribution is 6.13. The maximum absolute atomic E-state index is 12.6. The topological polar surface area (TPSA) is 75.7 Å². The van der Waals surface area contributed by atoms with Gasteiger partial charge in [0.25, 0.3) is 0 Å². The first-order valence-electron chi connectivity index (χ1n) is 9.02. The second kappa shape index (κ2) is 7.74. The lowest BCUT2D eigenvalue weighted by Gasteiger charge is -2.25. The van der Waals surface area contributed by atoms with E-state index in [1.54, 1.807) is 6.92 Å². The van der Waals surface area contributed by atoms with Gasteiger partial charge in [-0.05, 0) is 57.5 Å². The van der Waals surface area contributed by atoms with Crippen LogP contribution in [0.15, 0.2) is 31.8 Å². The van der Waals surface area contributed by atoms with Crippen molar-refractivity contribution in [3.05, 3.63) is 39.9 Å². The zero-order valence-electron chi connectivity index (χ0n) is 15.5. The van der Waals surface area contributed by atoms with Crippen LogP contribution in [-0.4, -0.2) is 30.4 Å². The van der Waals surface area contributed by atoms with E-state index in [9.17, 15) is 9.59 Å². The molecule has 0 bridgehead atoms.